The van der Waals surface area contributed by atoms with Gasteiger partial charge in [0, 0.05) is 11.0 Å². The Kier molecular flexibility index (Phi) is 3.69. The lowest BCUT2D eigenvalue weighted by molar-refractivity contribution is -0.120. The van der Waals surface area contributed by atoms with Crippen LogP contribution >= 0.6 is 15.9 Å². The van der Waals surface area contributed by atoms with E-state index in [2.05, 4.69) is 26.6 Å². The van der Waals surface area contributed by atoms with Crippen LogP contribution in [0.1, 0.15) is 6.92 Å². The van der Waals surface area contributed by atoms with Crippen molar-refractivity contribution in [3.8, 4) is 5.75 Å². The minimum atomic E-state index is -0.0455. The molecule has 0 aromatic heterocycles. The van der Waals surface area contributed by atoms with Gasteiger partial charge >= 0.3 is 0 Å². The number of carbonyl (C=O) groups is 1. The van der Waals surface area contributed by atoms with Gasteiger partial charge in [0.2, 0.25) is 5.91 Å². The number of phenolic OH excluding ortho intramolecular Hbond substituents is 1. The number of rotatable bonds is 2. The van der Waals surface area contributed by atoms with Crippen LogP contribution in [0.3, 0.4) is 0 Å². The number of halogens is 1. The molecule has 0 spiro atoms. The maximum atomic E-state index is 12.0. The minimum absolute atomic E-state index is 0.0339. The van der Waals surface area contributed by atoms with E-state index in [9.17, 15) is 9.90 Å². The van der Waals surface area contributed by atoms with Crippen molar-refractivity contribution in [2.24, 2.45) is 11.8 Å². The molecule has 1 heterocycles. The van der Waals surface area contributed by atoms with Gasteiger partial charge in [-0.25, -0.2) is 0 Å². The third-order valence-corrected chi connectivity index (χ3v) is 3.56. The average Bonchev–Trinajstić information content (AvgIpc) is 2.70. The Labute approximate surface area is 109 Å². The second kappa shape index (κ2) is 5.06. The Morgan fingerprint density at radius 1 is 1.53 bits per heavy atom. The SMILES string of the molecule is CC1CNCC1C(=O)Nc1cc(Br)ccc1O. The van der Waals surface area contributed by atoms with Crippen molar-refractivity contribution in [3.63, 3.8) is 0 Å². The molecule has 0 radical (unpaired) electrons. The number of phenols is 1. The Balaban J connectivity index is 2.10. The molecule has 1 aromatic rings. The third-order valence-electron chi connectivity index (χ3n) is 3.07. The summed E-state index contributed by atoms with van der Waals surface area (Å²) in [5.41, 5.74) is 0.448. The van der Waals surface area contributed by atoms with Crippen LogP contribution in [0.4, 0.5) is 5.69 Å². The van der Waals surface area contributed by atoms with E-state index in [-0.39, 0.29) is 17.6 Å². The van der Waals surface area contributed by atoms with Crippen LogP contribution in [0.2, 0.25) is 0 Å². The fraction of sp³-hybridized carbons (Fsp3) is 0.417. The number of anilines is 1. The molecule has 0 bridgehead atoms. The second-order valence-corrected chi connectivity index (χ2v) is 5.31. The van der Waals surface area contributed by atoms with E-state index in [0.717, 1.165) is 11.0 Å². The Morgan fingerprint density at radius 3 is 2.94 bits per heavy atom. The van der Waals surface area contributed by atoms with Gasteiger partial charge in [0.1, 0.15) is 5.75 Å². The molecular weight excluding hydrogens is 284 g/mol. The van der Waals surface area contributed by atoms with E-state index >= 15 is 0 Å². The summed E-state index contributed by atoms with van der Waals surface area (Å²) in [7, 11) is 0. The molecule has 0 saturated carbocycles. The highest BCUT2D eigenvalue weighted by molar-refractivity contribution is 9.10. The zero-order chi connectivity index (χ0) is 12.4. The maximum absolute atomic E-state index is 12.0. The summed E-state index contributed by atoms with van der Waals surface area (Å²) in [4.78, 5) is 12.0. The summed E-state index contributed by atoms with van der Waals surface area (Å²) in [5.74, 6) is 0.328. The first-order valence-corrected chi connectivity index (χ1v) is 6.37. The van der Waals surface area contributed by atoms with Crippen molar-refractivity contribution in [3.05, 3.63) is 22.7 Å². The van der Waals surface area contributed by atoms with Crippen molar-refractivity contribution in [2.75, 3.05) is 18.4 Å². The van der Waals surface area contributed by atoms with Crippen molar-refractivity contribution >= 4 is 27.5 Å². The first-order valence-electron chi connectivity index (χ1n) is 5.58. The Hall–Kier alpha value is -1.07. The van der Waals surface area contributed by atoms with Gasteiger partial charge < -0.3 is 15.7 Å². The molecule has 1 aliphatic rings. The fourth-order valence-corrected chi connectivity index (χ4v) is 2.36. The summed E-state index contributed by atoms with van der Waals surface area (Å²) in [6, 6.07) is 4.97. The van der Waals surface area contributed by atoms with E-state index in [1.165, 1.54) is 0 Å². The monoisotopic (exact) mass is 298 g/mol. The molecule has 1 amide bonds. The maximum Gasteiger partial charge on any atom is 0.229 e. The minimum Gasteiger partial charge on any atom is -0.506 e. The van der Waals surface area contributed by atoms with E-state index in [1.807, 2.05) is 6.92 Å². The van der Waals surface area contributed by atoms with Gasteiger partial charge in [0.15, 0.2) is 0 Å². The number of hydrogen-bond donors (Lipinski definition) is 3. The number of benzene rings is 1. The van der Waals surface area contributed by atoms with Crippen LogP contribution in [0.25, 0.3) is 0 Å². The van der Waals surface area contributed by atoms with Crippen LogP contribution < -0.4 is 10.6 Å². The van der Waals surface area contributed by atoms with E-state index in [1.54, 1.807) is 18.2 Å². The van der Waals surface area contributed by atoms with Gasteiger partial charge in [-0.15, -0.1) is 0 Å². The van der Waals surface area contributed by atoms with E-state index < -0.39 is 0 Å². The zero-order valence-corrected chi connectivity index (χ0v) is 11.1. The fourth-order valence-electron chi connectivity index (χ4n) is 1.99. The number of hydrogen-bond acceptors (Lipinski definition) is 3. The first-order chi connectivity index (χ1) is 8.08. The summed E-state index contributed by atoms with van der Waals surface area (Å²) >= 11 is 3.31. The molecule has 2 atom stereocenters. The molecule has 3 N–H and O–H groups in total. The molecule has 0 aliphatic carbocycles. The number of aromatic hydroxyl groups is 1. The predicted octanol–water partition coefficient (Wildman–Crippen LogP) is 1.95. The number of amides is 1. The van der Waals surface area contributed by atoms with Crippen molar-refractivity contribution in [1.82, 2.24) is 5.32 Å². The quantitative estimate of drug-likeness (QED) is 0.732. The summed E-state index contributed by atoms with van der Waals surface area (Å²) in [6.45, 7) is 3.61. The topological polar surface area (TPSA) is 61.4 Å². The van der Waals surface area contributed by atoms with Gasteiger partial charge in [0.25, 0.3) is 0 Å². The van der Waals surface area contributed by atoms with Crippen molar-refractivity contribution < 1.29 is 9.90 Å². The highest BCUT2D eigenvalue weighted by Crippen LogP contribution is 2.28. The van der Waals surface area contributed by atoms with Gasteiger partial charge in [-0.3, -0.25) is 4.79 Å². The van der Waals surface area contributed by atoms with Crippen molar-refractivity contribution in [2.45, 2.75) is 6.92 Å². The van der Waals surface area contributed by atoms with Gasteiger partial charge in [-0.1, -0.05) is 22.9 Å². The van der Waals surface area contributed by atoms with Crippen LogP contribution in [0, 0.1) is 11.8 Å². The summed E-state index contributed by atoms with van der Waals surface area (Å²) < 4.78 is 0.822. The summed E-state index contributed by atoms with van der Waals surface area (Å²) in [5, 5.41) is 15.6. The van der Waals surface area contributed by atoms with Gasteiger partial charge in [0.05, 0.1) is 11.6 Å². The standard InChI is InChI=1S/C12H15BrN2O2/c1-7-5-14-6-9(7)12(17)15-10-4-8(13)2-3-11(10)16/h2-4,7,9,14,16H,5-6H2,1H3,(H,15,17). The van der Waals surface area contributed by atoms with Crippen LogP contribution in [-0.4, -0.2) is 24.1 Å². The first kappa shape index (κ1) is 12.4. The zero-order valence-electron chi connectivity index (χ0n) is 9.53. The molecule has 92 valence electrons. The highest BCUT2D eigenvalue weighted by Gasteiger charge is 2.29. The average molecular weight is 299 g/mol. The molecule has 1 fully saturated rings. The predicted molar refractivity (Wildman–Crippen MR) is 70.0 cm³/mol. The van der Waals surface area contributed by atoms with Crippen molar-refractivity contribution in [1.29, 1.82) is 0 Å². The van der Waals surface area contributed by atoms with E-state index in [0.29, 0.717) is 18.2 Å². The molecular formula is C12H15BrN2O2. The van der Waals surface area contributed by atoms with Gasteiger partial charge in [-0.05, 0) is 30.7 Å². The lowest BCUT2D eigenvalue weighted by Gasteiger charge is -2.15. The molecule has 1 aliphatic heterocycles. The molecule has 1 saturated heterocycles. The lowest BCUT2D eigenvalue weighted by atomic mass is 9.97. The Bertz CT molecular complexity index is 437. The highest BCUT2D eigenvalue weighted by atomic mass is 79.9. The summed E-state index contributed by atoms with van der Waals surface area (Å²) in [6.07, 6.45) is 0. The largest absolute Gasteiger partial charge is 0.506 e. The molecule has 1 aromatic carbocycles. The van der Waals surface area contributed by atoms with Gasteiger partial charge in [-0.2, -0.15) is 0 Å². The third kappa shape index (κ3) is 2.79. The smallest absolute Gasteiger partial charge is 0.229 e. The molecule has 17 heavy (non-hydrogen) atoms. The van der Waals surface area contributed by atoms with E-state index in [4.69, 9.17) is 0 Å². The lowest BCUT2D eigenvalue weighted by Crippen LogP contribution is -2.27. The van der Waals surface area contributed by atoms with Crippen LogP contribution in [-0.2, 0) is 4.79 Å². The molecule has 2 rings (SSSR count). The van der Waals surface area contributed by atoms with Crippen LogP contribution in [0.15, 0.2) is 22.7 Å². The van der Waals surface area contributed by atoms with Crippen LogP contribution in [0.5, 0.6) is 5.75 Å². The second-order valence-electron chi connectivity index (χ2n) is 4.39. The molecule has 4 nitrogen and oxygen atoms in total. The number of carbonyl (C=O) groups excluding carboxylic acids is 1. The normalized spacial score (nSPS) is 23.6. The number of nitrogens with one attached hydrogen (secondary N) is 2. The molecule has 5 heteroatoms. The molecule has 2 unspecified atom stereocenters. The Morgan fingerprint density at radius 2 is 2.29 bits per heavy atom.